The normalized spacial score (nSPS) is 19.1. The van der Waals surface area contributed by atoms with Gasteiger partial charge in [0.25, 0.3) is 0 Å². The summed E-state index contributed by atoms with van der Waals surface area (Å²) in [7, 11) is 1.60. The van der Waals surface area contributed by atoms with Gasteiger partial charge in [-0.3, -0.25) is 4.79 Å². The average molecular weight is 355 g/mol. The van der Waals surface area contributed by atoms with Gasteiger partial charge in [0, 0.05) is 23.3 Å². The molecule has 1 N–H and O–H groups in total. The predicted octanol–water partition coefficient (Wildman–Crippen LogP) is 2.49. The van der Waals surface area contributed by atoms with Crippen LogP contribution in [0, 0.1) is 0 Å². The minimum atomic E-state index is -0.437. The zero-order valence-electron chi connectivity index (χ0n) is 15.0. The van der Waals surface area contributed by atoms with Crippen LogP contribution in [0.1, 0.15) is 44.7 Å². The number of hydrogen-bond donors (Lipinski definition) is 1. The number of tetrazole rings is 1. The fourth-order valence-corrected chi connectivity index (χ4v) is 3.58. The van der Waals surface area contributed by atoms with Crippen molar-refractivity contribution in [1.82, 2.24) is 20.2 Å². The number of anilines is 1. The Morgan fingerprint density at radius 1 is 1.31 bits per heavy atom. The molecule has 1 aromatic heterocycles. The first-order chi connectivity index (χ1) is 12.6. The van der Waals surface area contributed by atoms with Crippen molar-refractivity contribution in [2.45, 2.75) is 45.3 Å². The molecule has 136 valence electrons. The highest BCUT2D eigenvalue weighted by Gasteiger charge is 2.38. The van der Waals surface area contributed by atoms with Crippen LogP contribution in [0.5, 0.6) is 11.5 Å². The van der Waals surface area contributed by atoms with E-state index in [0.29, 0.717) is 29.4 Å². The van der Waals surface area contributed by atoms with Crippen LogP contribution >= 0.6 is 0 Å². The number of Topliss-reactive ketones (excluding diaryl/α,β-unsaturated/α-hetero) is 1. The third kappa shape index (κ3) is 2.61. The van der Waals surface area contributed by atoms with E-state index in [2.05, 4.69) is 20.8 Å². The van der Waals surface area contributed by atoms with Crippen LogP contribution in [0.15, 0.2) is 29.5 Å². The number of allylic oxidation sites excluding steroid dienone is 2. The molecule has 0 spiro atoms. The van der Waals surface area contributed by atoms with E-state index in [-0.39, 0.29) is 11.9 Å². The van der Waals surface area contributed by atoms with Gasteiger partial charge in [-0.25, -0.2) is 0 Å². The minimum absolute atomic E-state index is 0.0457. The van der Waals surface area contributed by atoms with Crippen molar-refractivity contribution in [3.8, 4) is 11.5 Å². The Balaban J connectivity index is 1.94. The SMILES string of the molecule is COc1cccc(C2C3=C(CCCC3=O)Nc3nnnn32)c1OC(C)C. The number of benzene rings is 1. The maximum absolute atomic E-state index is 12.8. The second-order valence-corrected chi connectivity index (χ2v) is 6.69. The molecule has 1 aromatic carbocycles. The molecule has 1 aliphatic carbocycles. The lowest BCUT2D eigenvalue weighted by molar-refractivity contribution is -0.116. The number of methoxy groups -OCH3 is 1. The molecule has 26 heavy (non-hydrogen) atoms. The Hall–Kier alpha value is -2.90. The summed E-state index contributed by atoms with van der Waals surface area (Å²) < 4.78 is 13.2. The molecule has 1 unspecified atom stereocenters. The van der Waals surface area contributed by atoms with Crippen molar-refractivity contribution in [3.63, 3.8) is 0 Å². The molecule has 0 amide bonds. The molecule has 1 aliphatic heterocycles. The van der Waals surface area contributed by atoms with Crippen LogP contribution in [0.25, 0.3) is 0 Å². The van der Waals surface area contributed by atoms with Gasteiger partial charge in [-0.15, -0.1) is 0 Å². The van der Waals surface area contributed by atoms with Crippen LogP contribution in [-0.2, 0) is 4.79 Å². The number of rotatable bonds is 4. The molecule has 4 rings (SSSR count). The van der Waals surface area contributed by atoms with Gasteiger partial charge in [-0.1, -0.05) is 17.2 Å². The maximum Gasteiger partial charge on any atom is 0.248 e. The van der Waals surface area contributed by atoms with Crippen LogP contribution in [-0.4, -0.2) is 39.2 Å². The summed E-state index contributed by atoms with van der Waals surface area (Å²) in [4.78, 5) is 12.8. The molecule has 1 atom stereocenters. The standard InChI is InChI=1S/C18H21N5O3/c1-10(2)26-17-11(6-4-9-14(17)25-3)16-15-12(7-5-8-13(15)24)19-18-20-21-22-23(16)18/h4,6,9-10,16H,5,7-8H2,1-3H3,(H,19,20,22). The Kier molecular flexibility index (Phi) is 4.10. The fraction of sp³-hybridized carbons (Fsp3) is 0.444. The number of ketones is 1. The number of fused-ring (bicyclic) bond motifs is 1. The largest absolute Gasteiger partial charge is 0.493 e. The lowest BCUT2D eigenvalue weighted by Crippen LogP contribution is -2.32. The van der Waals surface area contributed by atoms with Crippen molar-refractivity contribution in [2.75, 3.05) is 12.4 Å². The Labute approximate surface area is 151 Å². The van der Waals surface area contributed by atoms with Gasteiger partial charge in [0.1, 0.15) is 6.04 Å². The van der Waals surface area contributed by atoms with Gasteiger partial charge < -0.3 is 14.8 Å². The third-order valence-electron chi connectivity index (χ3n) is 4.61. The third-order valence-corrected chi connectivity index (χ3v) is 4.61. The Bertz CT molecular complexity index is 887. The molecule has 8 nitrogen and oxygen atoms in total. The number of carbonyl (C=O) groups excluding carboxylic acids is 1. The summed E-state index contributed by atoms with van der Waals surface area (Å²) in [6, 6.07) is 5.24. The van der Waals surface area contributed by atoms with Gasteiger partial charge in [-0.05, 0) is 43.2 Å². The number of ether oxygens (including phenoxy) is 2. The minimum Gasteiger partial charge on any atom is -0.493 e. The number of carbonyl (C=O) groups is 1. The summed E-state index contributed by atoms with van der Waals surface area (Å²) in [5.41, 5.74) is 2.42. The molecule has 2 aliphatic rings. The number of nitrogens with zero attached hydrogens (tertiary/aromatic N) is 4. The highest BCUT2D eigenvalue weighted by Crippen LogP contribution is 2.45. The first-order valence-electron chi connectivity index (χ1n) is 8.74. The quantitative estimate of drug-likeness (QED) is 0.901. The van der Waals surface area contributed by atoms with Gasteiger partial charge in [0.05, 0.1) is 13.2 Å². The first-order valence-corrected chi connectivity index (χ1v) is 8.74. The zero-order valence-corrected chi connectivity index (χ0v) is 15.0. The van der Waals surface area contributed by atoms with E-state index >= 15 is 0 Å². The van der Waals surface area contributed by atoms with E-state index < -0.39 is 6.04 Å². The predicted molar refractivity (Wildman–Crippen MR) is 94.2 cm³/mol. The van der Waals surface area contributed by atoms with Crippen LogP contribution in [0.2, 0.25) is 0 Å². The van der Waals surface area contributed by atoms with E-state index in [0.717, 1.165) is 24.1 Å². The van der Waals surface area contributed by atoms with E-state index in [1.165, 1.54) is 0 Å². The summed E-state index contributed by atoms with van der Waals surface area (Å²) in [6.07, 6.45) is 2.11. The van der Waals surface area contributed by atoms with Gasteiger partial charge in [0.2, 0.25) is 5.95 Å². The summed E-state index contributed by atoms with van der Waals surface area (Å²) in [5, 5.41) is 15.2. The smallest absolute Gasteiger partial charge is 0.248 e. The monoisotopic (exact) mass is 355 g/mol. The van der Waals surface area contributed by atoms with Crippen molar-refractivity contribution in [1.29, 1.82) is 0 Å². The van der Waals surface area contributed by atoms with Gasteiger partial charge in [-0.2, -0.15) is 4.68 Å². The lowest BCUT2D eigenvalue weighted by Gasteiger charge is -2.32. The van der Waals surface area contributed by atoms with Gasteiger partial charge >= 0.3 is 0 Å². The van der Waals surface area contributed by atoms with Crippen molar-refractivity contribution in [3.05, 3.63) is 35.0 Å². The molecule has 0 radical (unpaired) electrons. The lowest BCUT2D eigenvalue weighted by atomic mass is 9.85. The van der Waals surface area contributed by atoms with Crippen LogP contribution in [0.4, 0.5) is 5.95 Å². The molecule has 0 fully saturated rings. The second-order valence-electron chi connectivity index (χ2n) is 6.69. The molecular formula is C18H21N5O3. The Morgan fingerprint density at radius 2 is 2.15 bits per heavy atom. The van der Waals surface area contributed by atoms with Crippen LogP contribution < -0.4 is 14.8 Å². The number of hydrogen-bond acceptors (Lipinski definition) is 7. The van der Waals surface area contributed by atoms with Crippen molar-refractivity contribution in [2.24, 2.45) is 0 Å². The maximum atomic E-state index is 12.8. The molecular weight excluding hydrogens is 334 g/mol. The molecule has 2 aromatic rings. The summed E-state index contributed by atoms with van der Waals surface area (Å²) in [6.45, 7) is 3.91. The second kappa shape index (κ2) is 6.44. The number of aromatic nitrogens is 4. The highest BCUT2D eigenvalue weighted by atomic mass is 16.5. The van der Waals surface area contributed by atoms with E-state index in [4.69, 9.17) is 9.47 Å². The first kappa shape index (κ1) is 16.6. The molecule has 8 heteroatoms. The molecule has 0 saturated heterocycles. The topological polar surface area (TPSA) is 91.2 Å². The Morgan fingerprint density at radius 3 is 2.92 bits per heavy atom. The number of para-hydroxylation sites is 1. The fourth-order valence-electron chi connectivity index (χ4n) is 3.58. The molecule has 0 bridgehead atoms. The van der Waals surface area contributed by atoms with Gasteiger partial charge in [0.15, 0.2) is 17.3 Å². The summed E-state index contributed by atoms with van der Waals surface area (Å²) in [5.74, 6) is 1.88. The van der Waals surface area contributed by atoms with E-state index in [1.54, 1.807) is 11.8 Å². The van der Waals surface area contributed by atoms with Crippen LogP contribution in [0.3, 0.4) is 0 Å². The highest BCUT2D eigenvalue weighted by molar-refractivity contribution is 5.99. The average Bonchev–Trinajstić information content (AvgIpc) is 3.08. The van der Waals surface area contributed by atoms with Crippen molar-refractivity contribution < 1.29 is 14.3 Å². The molecule has 0 saturated carbocycles. The van der Waals surface area contributed by atoms with Crippen molar-refractivity contribution >= 4 is 11.7 Å². The zero-order chi connectivity index (χ0) is 18.3. The van der Waals surface area contributed by atoms with E-state index in [9.17, 15) is 4.79 Å². The summed E-state index contributed by atoms with van der Waals surface area (Å²) >= 11 is 0. The molecule has 2 heterocycles. The number of nitrogens with one attached hydrogen (secondary N) is 1. The van der Waals surface area contributed by atoms with E-state index in [1.807, 2.05) is 32.0 Å².